The predicted octanol–water partition coefficient (Wildman–Crippen LogP) is 1.68. The summed E-state index contributed by atoms with van der Waals surface area (Å²) in [5.41, 5.74) is 6.15. The van der Waals surface area contributed by atoms with Crippen LogP contribution in [-0.2, 0) is 0 Å². The third-order valence-corrected chi connectivity index (χ3v) is 3.19. The number of anilines is 1. The van der Waals surface area contributed by atoms with Gasteiger partial charge in [-0.25, -0.2) is 4.98 Å². The molecule has 0 unspecified atom stereocenters. The molecule has 0 spiro atoms. The first-order chi connectivity index (χ1) is 8.24. The van der Waals surface area contributed by atoms with Crippen molar-refractivity contribution >= 4 is 23.1 Å². The van der Waals surface area contributed by atoms with Crippen LogP contribution in [0.2, 0.25) is 5.15 Å². The Balaban J connectivity index is 2.00. The molecule has 0 radical (unpaired) electrons. The third kappa shape index (κ3) is 1.88. The van der Waals surface area contributed by atoms with Crippen LogP contribution >= 0.6 is 11.6 Å². The van der Waals surface area contributed by atoms with Gasteiger partial charge in [0.2, 0.25) is 5.95 Å². The van der Waals surface area contributed by atoms with E-state index in [2.05, 4.69) is 15.1 Å². The van der Waals surface area contributed by atoms with Crippen LogP contribution in [0.15, 0.2) is 6.20 Å². The fourth-order valence-corrected chi connectivity index (χ4v) is 2.27. The van der Waals surface area contributed by atoms with Gasteiger partial charge >= 0.3 is 6.01 Å². The van der Waals surface area contributed by atoms with Crippen molar-refractivity contribution in [1.82, 2.24) is 19.6 Å². The number of imidazole rings is 1. The Kier molecular flexibility index (Phi) is 2.51. The van der Waals surface area contributed by atoms with Gasteiger partial charge in [0.15, 0.2) is 5.15 Å². The zero-order chi connectivity index (χ0) is 11.8. The first-order valence-electron chi connectivity index (χ1n) is 5.57. The fourth-order valence-electron chi connectivity index (χ4n) is 2.07. The highest BCUT2D eigenvalue weighted by Crippen LogP contribution is 2.26. The molecule has 0 saturated heterocycles. The van der Waals surface area contributed by atoms with E-state index in [0.717, 1.165) is 12.8 Å². The Morgan fingerprint density at radius 2 is 2.18 bits per heavy atom. The average molecular weight is 254 g/mol. The van der Waals surface area contributed by atoms with Gasteiger partial charge in [0, 0.05) is 0 Å². The van der Waals surface area contributed by atoms with E-state index in [1.807, 2.05) is 0 Å². The zero-order valence-corrected chi connectivity index (χ0v) is 9.89. The second-order valence-electron chi connectivity index (χ2n) is 4.12. The van der Waals surface area contributed by atoms with Crippen LogP contribution in [-0.4, -0.2) is 25.7 Å². The summed E-state index contributed by atoms with van der Waals surface area (Å²) in [6.07, 6.45) is 6.23. The Bertz CT molecular complexity index is 549. The van der Waals surface area contributed by atoms with Crippen LogP contribution in [0.25, 0.3) is 5.52 Å². The number of nitrogens with zero attached hydrogens (tertiary/aromatic N) is 4. The summed E-state index contributed by atoms with van der Waals surface area (Å²) >= 11 is 5.98. The molecule has 17 heavy (non-hydrogen) atoms. The summed E-state index contributed by atoms with van der Waals surface area (Å²) in [5, 5.41) is 4.38. The maximum Gasteiger partial charge on any atom is 0.320 e. The molecule has 0 amide bonds. The summed E-state index contributed by atoms with van der Waals surface area (Å²) in [7, 11) is 0. The Morgan fingerprint density at radius 3 is 2.94 bits per heavy atom. The quantitative estimate of drug-likeness (QED) is 0.881. The number of halogens is 1. The molecule has 2 aromatic rings. The lowest BCUT2D eigenvalue weighted by Crippen LogP contribution is -2.14. The lowest BCUT2D eigenvalue weighted by Gasteiger charge is -2.10. The number of rotatable bonds is 2. The minimum atomic E-state index is 0.169. The van der Waals surface area contributed by atoms with Gasteiger partial charge in [0.25, 0.3) is 0 Å². The molecule has 2 N–H and O–H groups in total. The second kappa shape index (κ2) is 4.03. The van der Waals surface area contributed by atoms with Crippen molar-refractivity contribution in [2.24, 2.45) is 0 Å². The van der Waals surface area contributed by atoms with E-state index in [0.29, 0.717) is 16.7 Å². The Labute approximate surface area is 103 Å². The van der Waals surface area contributed by atoms with Crippen LogP contribution in [0.3, 0.4) is 0 Å². The third-order valence-electron chi connectivity index (χ3n) is 2.91. The molecule has 7 heteroatoms. The number of nitrogens with two attached hydrogens (primary N) is 1. The molecule has 6 nitrogen and oxygen atoms in total. The van der Waals surface area contributed by atoms with Gasteiger partial charge in [-0.2, -0.15) is 9.50 Å². The van der Waals surface area contributed by atoms with Crippen molar-refractivity contribution < 1.29 is 4.74 Å². The highest BCUT2D eigenvalue weighted by atomic mass is 35.5. The molecule has 1 saturated carbocycles. The maximum atomic E-state index is 5.98. The smallest absolute Gasteiger partial charge is 0.320 e. The first-order valence-corrected chi connectivity index (χ1v) is 5.95. The largest absolute Gasteiger partial charge is 0.460 e. The number of aromatic nitrogens is 4. The van der Waals surface area contributed by atoms with Gasteiger partial charge in [0.05, 0.1) is 6.20 Å². The molecule has 0 aromatic carbocycles. The van der Waals surface area contributed by atoms with E-state index in [-0.39, 0.29) is 12.1 Å². The normalized spacial score (nSPS) is 16.8. The highest BCUT2D eigenvalue weighted by molar-refractivity contribution is 6.32. The molecule has 1 aliphatic carbocycles. The highest BCUT2D eigenvalue weighted by Gasteiger charge is 2.20. The fraction of sp³-hybridized carbons (Fsp3) is 0.500. The van der Waals surface area contributed by atoms with Crippen molar-refractivity contribution in [3.05, 3.63) is 11.3 Å². The van der Waals surface area contributed by atoms with Crippen LogP contribution in [0.4, 0.5) is 5.95 Å². The number of nitrogen functional groups attached to an aromatic ring is 1. The average Bonchev–Trinajstić information content (AvgIpc) is 2.89. The van der Waals surface area contributed by atoms with E-state index in [9.17, 15) is 0 Å². The molecule has 90 valence electrons. The van der Waals surface area contributed by atoms with Crippen molar-refractivity contribution in [3.63, 3.8) is 0 Å². The van der Waals surface area contributed by atoms with E-state index in [1.54, 1.807) is 6.20 Å². The monoisotopic (exact) mass is 253 g/mol. The SMILES string of the molecule is Nc1ncc2c(Cl)nc(OC3CCCC3)n2n1. The molecule has 0 aliphatic heterocycles. The van der Waals surface area contributed by atoms with Crippen molar-refractivity contribution in [2.75, 3.05) is 5.73 Å². The first kappa shape index (κ1) is 10.6. The number of hydrogen-bond donors (Lipinski definition) is 1. The Hall–Kier alpha value is -1.56. The molecule has 0 bridgehead atoms. The minimum absolute atomic E-state index is 0.169. The molecular formula is C10H12ClN5O. The van der Waals surface area contributed by atoms with Gasteiger partial charge in [-0.05, 0) is 25.7 Å². The molecular weight excluding hydrogens is 242 g/mol. The van der Waals surface area contributed by atoms with Gasteiger partial charge in [-0.15, -0.1) is 5.10 Å². The molecule has 3 rings (SSSR count). The van der Waals surface area contributed by atoms with E-state index >= 15 is 0 Å². The molecule has 2 heterocycles. The lowest BCUT2D eigenvalue weighted by molar-refractivity contribution is 0.188. The van der Waals surface area contributed by atoms with Gasteiger partial charge in [-0.1, -0.05) is 11.6 Å². The summed E-state index contributed by atoms with van der Waals surface area (Å²) in [4.78, 5) is 8.02. The van der Waals surface area contributed by atoms with Gasteiger partial charge < -0.3 is 10.5 Å². The van der Waals surface area contributed by atoms with E-state index in [4.69, 9.17) is 22.1 Å². The summed E-state index contributed by atoms with van der Waals surface area (Å²) in [5.74, 6) is 0.169. The van der Waals surface area contributed by atoms with Crippen LogP contribution < -0.4 is 10.5 Å². The zero-order valence-electron chi connectivity index (χ0n) is 9.14. The van der Waals surface area contributed by atoms with Gasteiger partial charge in [-0.3, -0.25) is 0 Å². The minimum Gasteiger partial charge on any atom is -0.460 e. The number of fused-ring (bicyclic) bond motifs is 1. The van der Waals surface area contributed by atoms with Crippen molar-refractivity contribution in [1.29, 1.82) is 0 Å². The number of hydrogen-bond acceptors (Lipinski definition) is 5. The Morgan fingerprint density at radius 1 is 1.41 bits per heavy atom. The molecule has 0 atom stereocenters. The summed E-state index contributed by atoms with van der Waals surface area (Å²) < 4.78 is 7.29. The second-order valence-corrected chi connectivity index (χ2v) is 4.48. The van der Waals surface area contributed by atoms with Crippen molar-refractivity contribution in [2.45, 2.75) is 31.8 Å². The van der Waals surface area contributed by atoms with Crippen molar-refractivity contribution in [3.8, 4) is 6.01 Å². The molecule has 1 aliphatic rings. The summed E-state index contributed by atoms with van der Waals surface area (Å²) in [6.45, 7) is 0. The van der Waals surface area contributed by atoms with Crippen LogP contribution in [0.5, 0.6) is 6.01 Å². The standard InChI is InChI=1S/C10H12ClN5O/c11-8-7-5-13-9(12)15-16(7)10(14-8)17-6-3-1-2-4-6/h5-6H,1-4H2,(H2,12,15). The van der Waals surface area contributed by atoms with Gasteiger partial charge in [0.1, 0.15) is 11.6 Å². The van der Waals surface area contributed by atoms with Crippen LogP contribution in [0, 0.1) is 0 Å². The molecule has 2 aromatic heterocycles. The van der Waals surface area contributed by atoms with E-state index < -0.39 is 0 Å². The number of ether oxygens (including phenoxy) is 1. The lowest BCUT2D eigenvalue weighted by atomic mass is 10.3. The summed E-state index contributed by atoms with van der Waals surface area (Å²) in [6, 6.07) is 0.394. The predicted molar refractivity (Wildman–Crippen MR) is 63.1 cm³/mol. The van der Waals surface area contributed by atoms with Crippen LogP contribution in [0.1, 0.15) is 25.7 Å². The maximum absolute atomic E-state index is 5.98. The molecule has 1 fully saturated rings. The van der Waals surface area contributed by atoms with E-state index in [1.165, 1.54) is 17.4 Å². The topological polar surface area (TPSA) is 78.3 Å².